The summed E-state index contributed by atoms with van der Waals surface area (Å²) in [4.78, 5) is 24.5. The summed E-state index contributed by atoms with van der Waals surface area (Å²) in [6.45, 7) is 1.65. The summed E-state index contributed by atoms with van der Waals surface area (Å²) in [6.07, 6.45) is 3.37. The first-order chi connectivity index (χ1) is 15.0. The molecule has 4 aromatic rings. The molecule has 0 aliphatic carbocycles. The SMILES string of the molecule is COc1cc2nc(-c3ccc(OCc4ccccn4)c(Cl)c3)ncc2cc1OC(C)=O. The number of esters is 1. The van der Waals surface area contributed by atoms with Gasteiger partial charge in [0, 0.05) is 36.3 Å². The minimum absolute atomic E-state index is 0.316. The Labute approximate surface area is 183 Å². The highest BCUT2D eigenvalue weighted by molar-refractivity contribution is 6.32. The Morgan fingerprint density at radius 2 is 1.90 bits per heavy atom. The van der Waals surface area contributed by atoms with Crippen molar-refractivity contribution in [1.29, 1.82) is 0 Å². The normalized spacial score (nSPS) is 10.7. The Kier molecular flexibility index (Phi) is 5.95. The van der Waals surface area contributed by atoms with Gasteiger partial charge in [0.1, 0.15) is 12.4 Å². The molecule has 4 rings (SSSR count). The van der Waals surface area contributed by atoms with Gasteiger partial charge >= 0.3 is 5.97 Å². The number of rotatable bonds is 6. The summed E-state index contributed by atoms with van der Waals surface area (Å²) in [7, 11) is 1.50. The number of hydrogen-bond acceptors (Lipinski definition) is 7. The average molecular weight is 436 g/mol. The van der Waals surface area contributed by atoms with Crippen LogP contribution >= 0.6 is 11.6 Å². The second-order valence-corrected chi connectivity index (χ2v) is 7.01. The fourth-order valence-electron chi connectivity index (χ4n) is 2.96. The Morgan fingerprint density at radius 3 is 2.61 bits per heavy atom. The number of methoxy groups -OCH3 is 1. The second kappa shape index (κ2) is 8.97. The maximum Gasteiger partial charge on any atom is 0.308 e. The van der Waals surface area contributed by atoms with Crippen LogP contribution in [0.3, 0.4) is 0 Å². The lowest BCUT2D eigenvalue weighted by atomic mass is 10.1. The molecule has 0 aliphatic rings. The van der Waals surface area contributed by atoms with Crippen molar-refractivity contribution in [1.82, 2.24) is 15.0 Å². The molecule has 0 aliphatic heterocycles. The van der Waals surface area contributed by atoms with Crippen LogP contribution in [0.2, 0.25) is 5.02 Å². The number of benzene rings is 2. The molecule has 7 nitrogen and oxygen atoms in total. The van der Waals surface area contributed by atoms with E-state index in [0.717, 1.165) is 11.3 Å². The molecule has 0 fully saturated rings. The zero-order valence-corrected chi connectivity index (χ0v) is 17.6. The minimum Gasteiger partial charge on any atom is -0.493 e. The van der Waals surface area contributed by atoms with Crippen molar-refractivity contribution in [2.24, 2.45) is 0 Å². The molecule has 156 valence electrons. The highest BCUT2D eigenvalue weighted by atomic mass is 35.5. The van der Waals surface area contributed by atoms with E-state index in [1.807, 2.05) is 24.3 Å². The maximum absolute atomic E-state index is 11.3. The largest absolute Gasteiger partial charge is 0.493 e. The van der Waals surface area contributed by atoms with Gasteiger partial charge in [-0.05, 0) is 36.4 Å². The van der Waals surface area contributed by atoms with Gasteiger partial charge in [0.25, 0.3) is 0 Å². The summed E-state index contributed by atoms with van der Waals surface area (Å²) in [6, 6.07) is 14.4. The highest BCUT2D eigenvalue weighted by Crippen LogP contribution is 2.34. The van der Waals surface area contributed by atoms with Gasteiger partial charge in [-0.2, -0.15) is 0 Å². The van der Waals surface area contributed by atoms with E-state index in [4.69, 9.17) is 25.8 Å². The van der Waals surface area contributed by atoms with Crippen molar-refractivity contribution in [3.8, 4) is 28.6 Å². The molecule has 8 heteroatoms. The third kappa shape index (κ3) is 4.73. The van der Waals surface area contributed by atoms with Crippen molar-refractivity contribution in [3.63, 3.8) is 0 Å². The Bertz CT molecular complexity index is 1250. The standard InChI is InChI=1S/C23H18ClN3O4/c1-14(28)31-22-10-16-12-26-23(27-19(16)11-21(22)29-2)15-6-7-20(18(24)9-15)30-13-17-5-3-4-8-25-17/h3-12H,13H2,1-2H3. The number of nitrogens with zero attached hydrogens (tertiary/aromatic N) is 3. The number of ether oxygens (including phenoxy) is 3. The lowest BCUT2D eigenvalue weighted by molar-refractivity contribution is -0.132. The number of aromatic nitrogens is 3. The predicted molar refractivity (Wildman–Crippen MR) is 116 cm³/mol. The van der Waals surface area contributed by atoms with E-state index >= 15 is 0 Å². The van der Waals surface area contributed by atoms with Gasteiger partial charge in [0.15, 0.2) is 17.3 Å². The van der Waals surface area contributed by atoms with Crippen LogP contribution in [-0.2, 0) is 11.4 Å². The van der Waals surface area contributed by atoms with E-state index in [-0.39, 0.29) is 0 Å². The van der Waals surface area contributed by atoms with Crippen molar-refractivity contribution in [3.05, 3.63) is 71.6 Å². The second-order valence-electron chi connectivity index (χ2n) is 6.60. The molecule has 2 aromatic carbocycles. The van der Waals surface area contributed by atoms with E-state index in [2.05, 4.69) is 15.0 Å². The van der Waals surface area contributed by atoms with Crippen molar-refractivity contribution in [2.45, 2.75) is 13.5 Å². The monoisotopic (exact) mass is 435 g/mol. The summed E-state index contributed by atoms with van der Waals surface area (Å²) >= 11 is 6.41. The van der Waals surface area contributed by atoms with Gasteiger partial charge in [-0.1, -0.05) is 17.7 Å². The molecule has 0 bridgehead atoms. The van der Waals surface area contributed by atoms with Crippen molar-refractivity contribution >= 4 is 28.5 Å². The van der Waals surface area contributed by atoms with Crippen LogP contribution < -0.4 is 14.2 Å². The topological polar surface area (TPSA) is 83.4 Å². The highest BCUT2D eigenvalue weighted by Gasteiger charge is 2.13. The molecule has 0 radical (unpaired) electrons. The molecular weight excluding hydrogens is 418 g/mol. The van der Waals surface area contributed by atoms with E-state index < -0.39 is 5.97 Å². The number of hydrogen-bond donors (Lipinski definition) is 0. The first kappa shape index (κ1) is 20.6. The van der Waals surface area contributed by atoms with Crippen molar-refractivity contribution in [2.75, 3.05) is 7.11 Å². The van der Waals surface area contributed by atoms with Crippen molar-refractivity contribution < 1.29 is 19.0 Å². The lowest BCUT2D eigenvalue weighted by Crippen LogP contribution is -2.03. The van der Waals surface area contributed by atoms with Gasteiger partial charge in [-0.15, -0.1) is 0 Å². The minimum atomic E-state index is -0.435. The summed E-state index contributed by atoms with van der Waals surface area (Å²) in [5.74, 6) is 1.33. The molecule has 0 N–H and O–H groups in total. The Balaban J connectivity index is 1.60. The number of pyridine rings is 1. The van der Waals surface area contributed by atoms with Crippen LogP contribution in [0.15, 0.2) is 60.9 Å². The number of carbonyl (C=O) groups is 1. The Morgan fingerprint density at radius 1 is 1.03 bits per heavy atom. The molecule has 2 aromatic heterocycles. The molecule has 0 amide bonds. The third-order valence-electron chi connectivity index (χ3n) is 4.41. The summed E-state index contributed by atoms with van der Waals surface area (Å²) in [5.41, 5.74) is 2.19. The number of fused-ring (bicyclic) bond motifs is 1. The zero-order valence-electron chi connectivity index (χ0n) is 16.8. The number of halogens is 1. The predicted octanol–water partition coefficient (Wildman–Crippen LogP) is 4.86. The third-order valence-corrected chi connectivity index (χ3v) is 4.71. The van der Waals surface area contributed by atoms with E-state index in [1.165, 1.54) is 14.0 Å². The van der Waals surface area contributed by atoms with E-state index in [9.17, 15) is 4.79 Å². The summed E-state index contributed by atoms with van der Waals surface area (Å²) < 4.78 is 16.3. The van der Waals surface area contributed by atoms with Crippen LogP contribution in [0.5, 0.6) is 17.2 Å². The van der Waals surface area contributed by atoms with Gasteiger partial charge < -0.3 is 14.2 Å². The fraction of sp³-hybridized carbons (Fsp3) is 0.130. The van der Waals surface area contributed by atoms with Crippen LogP contribution in [0.4, 0.5) is 0 Å². The first-order valence-corrected chi connectivity index (χ1v) is 9.77. The van der Waals surface area contributed by atoms with Gasteiger partial charge in [-0.25, -0.2) is 9.97 Å². The molecule has 0 spiro atoms. The van der Waals surface area contributed by atoms with Gasteiger partial charge in [0.05, 0.1) is 23.3 Å². The summed E-state index contributed by atoms with van der Waals surface area (Å²) in [5, 5.41) is 1.15. The Hall–Kier alpha value is -3.71. The van der Waals surface area contributed by atoms with Crippen LogP contribution in [0, 0.1) is 0 Å². The number of carbonyl (C=O) groups excluding carboxylic acids is 1. The van der Waals surface area contributed by atoms with Crippen LogP contribution in [0.1, 0.15) is 12.6 Å². The molecule has 0 unspecified atom stereocenters. The molecule has 0 saturated carbocycles. The molecule has 31 heavy (non-hydrogen) atoms. The quantitative estimate of drug-likeness (QED) is 0.316. The van der Waals surface area contributed by atoms with E-state index in [0.29, 0.717) is 45.6 Å². The van der Waals surface area contributed by atoms with E-state index in [1.54, 1.807) is 36.7 Å². The van der Waals surface area contributed by atoms with Crippen LogP contribution in [-0.4, -0.2) is 28.0 Å². The molecule has 0 atom stereocenters. The average Bonchev–Trinajstić information content (AvgIpc) is 2.77. The molecule has 0 saturated heterocycles. The molecular formula is C23H18ClN3O4. The fourth-order valence-corrected chi connectivity index (χ4v) is 3.20. The van der Waals surface area contributed by atoms with Gasteiger partial charge in [-0.3, -0.25) is 9.78 Å². The first-order valence-electron chi connectivity index (χ1n) is 9.39. The smallest absolute Gasteiger partial charge is 0.308 e. The lowest BCUT2D eigenvalue weighted by Gasteiger charge is -2.11. The maximum atomic E-state index is 11.3. The van der Waals surface area contributed by atoms with Crippen LogP contribution in [0.25, 0.3) is 22.3 Å². The zero-order chi connectivity index (χ0) is 21.8. The molecule has 2 heterocycles. The van der Waals surface area contributed by atoms with Gasteiger partial charge in [0.2, 0.25) is 0 Å².